The number of thiophene rings is 1. The minimum Gasteiger partial charge on any atom is -0.392 e. The van der Waals surface area contributed by atoms with E-state index in [9.17, 15) is 9.90 Å². The Morgan fingerprint density at radius 3 is 2.79 bits per heavy atom. The highest BCUT2D eigenvalue weighted by atomic mass is 32.1. The molecule has 2 aromatic heterocycles. The molecule has 5 nitrogen and oxygen atoms in total. The van der Waals surface area contributed by atoms with E-state index in [0.717, 1.165) is 40.2 Å². The molecule has 0 bridgehead atoms. The van der Waals surface area contributed by atoms with E-state index in [1.165, 1.54) is 5.56 Å². The third-order valence-electron chi connectivity index (χ3n) is 4.81. The molecule has 0 aliphatic heterocycles. The number of anilines is 1. The van der Waals surface area contributed by atoms with Gasteiger partial charge in [0.05, 0.1) is 22.9 Å². The molecule has 0 atom stereocenters. The van der Waals surface area contributed by atoms with Crippen LogP contribution in [0.3, 0.4) is 0 Å². The van der Waals surface area contributed by atoms with E-state index in [1.54, 1.807) is 11.3 Å². The van der Waals surface area contributed by atoms with Gasteiger partial charge in [0.15, 0.2) is 5.82 Å². The second kappa shape index (κ2) is 7.81. The third kappa shape index (κ3) is 3.70. The molecule has 0 spiro atoms. The lowest BCUT2D eigenvalue weighted by atomic mass is 9.90. The van der Waals surface area contributed by atoms with E-state index in [2.05, 4.69) is 5.32 Å². The molecule has 0 radical (unpaired) electrons. The van der Waals surface area contributed by atoms with Crippen molar-refractivity contribution in [2.45, 2.75) is 39.7 Å². The van der Waals surface area contributed by atoms with Crippen molar-refractivity contribution in [2.24, 2.45) is 5.92 Å². The molecule has 0 saturated carbocycles. The second-order valence-electron chi connectivity index (χ2n) is 7.49. The van der Waals surface area contributed by atoms with Gasteiger partial charge in [-0.25, -0.2) is 9.97 Å². The van der Waals surface area contributed by atoms with E-state index in [4.69, 9.17) is 9.97 Å². The highest BCUT2D eigenvalue weighted by Gasteiger charge is 2.23. The molecule has 2 heterocycles. The predicted octanol–water partition coefficient (Wildman–Crippen LogP) is 4.45. The lowest BCUT2D eigenvalue weighted by molar-refractivity contribution is -0.116. The summed E-state index contributed by atoms with van der Waals surface area (Å²) in [4.78, 5) is 23.1. The fourth-order valence-electron chi connectivity index (χ4n) is 3.52. The number of fused-ring (bicyclic) bond motifs is 3. The van der Waals surface area contributed by atoms with Gasteiger partial charge in [0.25, 0.3) is 0 Å². The summed E-state index contributed by atoms with van der Waals surface area (Å²) in [6, 6.07) is 9.96. The summed E-state index contributed by atoms with van der Waals surface area (Å²) < 4.78 is 0. The Morgan fingerprint density at radius 2 is 2.07 bits per heavy atom. The first-order valence-electron chi connectivity index (χ1n) is 9.53. The van der Waals surface area contributed by atoms with Crippen LogP contribution in [0.2, 0.25) is 0 Å². The number of aryl methyl sites for hydroxylation is 2. The Bertz CT molecular complexity index is 1010. The molecule has 3 aromatic rings. The number of nitrogens with zero attached hydrogens (tertiary/aromatic N) is 2. The highest BCUT2D eigenvalue weighted by molar-refractivity contribution is 7.13. The van der Waals surface area contributed by atoms with Crippen molar-refractivity contribution in [2.75, 3.05) is 5.32 Å². The zero-order valence-corrected chi connectivity index (χ0v) is 16.8. The van der Waals surface area contributed by atoms with Crippen LogP contribution in [-0.2, 0) is 24.2 Å². The Balaban J connectivity index is 1.80. The predicted molar refractivity (Wildman–Crippen MR) is 112 cm³/mol. The van der Waals surface area contributed by atoms with Crippen LogP contribution in [0.1, 0.15) is 37.1 Å². The molecule has 1 aliphatic carbocycles. The van der Waals surface area contributed by atoms with Crippen LogP contribution in [0.4, 0.5) is 5.82 Å². The number of rotatable bonds is 5. The zero-order valence-electron chi connectivity index (χ0n) is 16.0. The van der Waals surface area contributed by atoms with Crippen molar-refractivity contribution < 1.29 is 9.90 Å². The van der Waals surface area contributed by atoms with Crippen molar-refractivity contribution in [3.63, 3.8) is 0 Å². The summed E-state index contributed by atoms with van der Waals surface area (Å²) in [5.74, 6) is 0.788. The van der Waals surface area contributed by atoms with E-state index in [1.807, 2.05) is 49.6 Å². The van der Waals surface area contributed by atoms with Gasteiger partial charge in [-0.05, 0) is 41.3 Å². The fraction of sp³-hybridized carbons (Fsp3) is 0.318. The van der Waals surface area contributed by atoms with Crippen molar-refractivity contribution >= 4 is 23.1 Å². The maximum Gasteiger partial charge on any atom is 0.225 e. The van der Waals surface area contributed by atoms with Crippen LogP contribution in [-0.4, -0.2) is 21.0 Å². The van der Waals surface area contributed by atoms with Gasteiger partial charge >= 0.3 is 0 Å². The maximum absolute atomic E-state index is 12.4. The van der Waals surface area contributed by atoms with Gasteiger partial charge in [-0.15, -0.1) is 11.3 Å². The monoisotopic (exact) mass is 393 g/mol. The molecule has 144 valence electrons. The number of amides is 1. The SMILES string of the molecule is CC(C)CC(=O)Nc1nc2c(nc1-c1cccs1)-c1ccc(CO)cc1CC2. The van der Waals surface area contributed by atoms with E-state index in [-0.39, 0.29) is 18.4 Å². The number of carbonyl (C=O) groups excluding carboxylic acids is 1. The van der Waals surface area contributed by atoms with E-state index >= 15 is 0 Å². The summed E-state index contributed by atoms with van der Waals surface area (Å²) >= 11 is 1.58. The highest BCUT2D eigenvalue weighted by Crippen LogP contribution is 2.37. The van der Waals surface area contributed by atoms with Crippen LogP contribution in [0, 0.1) is 5.92 Å². The standard InChI is InChI=1S/C22H23N3O2S/c1-13(2)10-19(27)24-22-21(18-4-3-9-28-18)25-20-16-7-5-14(12-26)11-15(16)6-8-17(20)23-22/h3-5,7,9,11,13,26H,6,8,10,12H2,1-2H3,(H,23,24,27). The lowest BCUT2D eigenvalue weighted by Gasteiger charge is -2.21. The molecular weight excluding hydrogens is 370 g/mol. The molecule has 0 saturated heterocycles. The van der Waals surface area contributed by atoms with E-state index < -0.39 is 0 Å². The molecular formula is C22H23N3O2S. The molecule has 0 unspecified atom stereocenters. The van der Waals surface area contributed by atoms with Crippen molar-refractivity contribution in [3.05, 3.63) is 52.5 Å². The molecule has 6 heteroatoms. The number of aliphatic hydroxyl groups is 1. The first-order valence-corrected chi connectivity index (χ1v) is 10.4. The van der Waals surface area contributed by atoms with Crippen molar-refractivity contribution in [3.8, 4) is 21.8 Å². The Morgan fingerprint density at radius 1 is 1.21 bits per heavy atom. The van der Waals surface area contributed by atoms with Crippen molar-refractivity contribution in [1.29, 1.82) is 0 Å². The summed E-state index contributed by atoms with van der Waals surface area (Å²) in [6.07, 6.45) is 2.07. The van der Waals surface area contributed by atoms with E-state index in [0.29, 0.717) is 17.9 Å². The quantitative estimate of drug-likeness (QED) is 0.672. The number of aromatic nitrogens is 2. The zero-order chi connectivity index (χ0) is 19.7. The first-order chi connectivity index (χ1) is 13.5. The number of carbonyl (C=O) groups is 1. The average Bonchev–Trinajstić information content (AvgIpc) is 3.20. The summed E-state index contributed by atoms with van der Waals surface area (Å²) in [5, 5.41) is 14.4. The van der Waals surface area contributed by atoms with Gasteiger partial charge in [-0.3, -0.25) is 4.79 Å². The molecule has 1 aliphatic rings. The largest absolute Gasteiger partial charge is 0.392 e. The lowest BCUT2D eigenvalue weighted by Crippen LogP contribution is -2.18. The first kappa shape index (κ1) is 18.8. The van der Waals surface area contributed by atoms with Crippen LogP contribution < -0.4 is 5.32 Å². The summed E-state index contributed by atoms with van der Waals surface area (Å²) in [7, 11) is 0. The van der Waals surface area contributed by atoms with Gasteiger partial charge in [0, 0.05) is 12.0 Å². The van der Waals surface area contributed by atoms with Gasteiger partial charge < -0.3 is 10.4 Å². The molecule has 1 amide bonds. The smallest absolute Gasteiger partial charge is 0.225 e. The Hall–Kier alpha value is -2.57. The van der Waals surface area contributed by atoms with Crippen LogP contribution in [0.5, 0.6) is 0 Å². The maximum atomic E-state index is 12.4. The van der Waals surface area contributed by atoms with Gasteiger partial charge in [0.2, 0.25) is 5.91 Å². The molecule has 28 heavy (non-hydrogen) atoms. The second-order valence-corrected chi connectivity index (χ2v) is 8.44. The van der Waals surface area contributed by atoms with Gasteiger partial charge in [-0.2, -0.15) is 0 Å². The Kier molecular flexibility index (Phi) is 5.24. The number of nitrogens with one attached hydrogen (secondary N) is 1. The van der Waals surface area contributed by atoms with Gasteiger partial charge in [-0.1, -0.05) is 38.1 Å². The van der Waals surface area contributed by atoms with Crippen molar-refractivity contribution in [1.82, 2.24) is 9.97 Å². The van der Waals surface area contributed by atoms with Gasteiger partial charge in [0.1, 0.15) is 5.69 Å². The summed E-state index contributed by atoms with van der Waals surface area (Å²) in [6.45, 7) is 4.08. The van der Waals surface area contributed by atoms with Crippen LogP contribution in [0.15, 0.2) is 35.7 Å². The number of aliphatic hydroxyl groups excluding tert-OH is 1. The minimum absolute atomic E-state index is 0.0348. The molecule has 0 fully saturated rings. The average molecular weight is 394 g/mol. The third-order valence-corrected chi connectivity index (χ3v) is 5.69. The van der Waals surface area contributed by atoms with Crippen LogP contribution >= 0.6 is 11.3 Å². The topological polar surface area (TPSA) is 75.1 Å². The number of hydrogen-bond acceptors (Lipinski definition) is 5. The number of benzene rings is 1. The normalized spacial score (nSPS) is 12.6. The fourth-order valence-corrected chi connectivity index (χ4v) is 4.24. The number of hydrogen-bond donors (Lipinski definition) is 2. The summed E-state index contributed by atoms with van der Waals surface area (Å²) in [5.41, 5.74) is 5.64. The molecule has 4 rings (SSSR count). The Labute approximate surface area is 168 Å². The van der Waals surface area contributed by atoms with Crippen LogP contribution in [0.25, 0.3) is 21.8 Å². The molecule has 1 aromatic carbocycles. The molecule has 2 N–H and O–H groups in total. The minimum atomic E-state index is -0.0362.